The molecule has 10 heteroatoms. The van der Waals surface area contributed by atoms with Crippen molar-refractivity contribution >= 4 is 40.2 Å². The molecule has 0 radical (unpaired) electrons. The Morgan fingerprint density at radius 3 is 2.31 bits per heavy atom. The number of unbranched alkanes of at least 4 members (excludes halogenated alkanes) is 1. The largest absolute Gasteiger partial charge is 0.473 e. The van der Waals surface area contributed by atoms with Crippen molar-refractivity contribution in [1.29, 1.82) is 0 Å². The van der Waals surface area contributed by atoms with Gasteiger partial charge in [-0.25, -0.2) is 14.4 Å². The SMILES string of the molecule is CCCCNCC(=O)Nc1sc2c(c1C(=O)OCC)CCCC2.O=C(O)C(=O)O. The summed E-state index contributed by atoms with van der Waals surface area (Å²) in [5.41, 5.74) is 1.66. The third-order valence-electron chi connectivity index (χ3n) is 4.08. The highest BCUT2D eigenvalue weighted by Crippen LogP contribution is 2.38. The van der Waals surface area contributed by atoms with Crippen LogP contribution in [0.1, 0.15) is 60.3 Å². The number of anilines is 1. The van der Waals surface area contributed by atoms with Crippen LogP contribution in [0.3, 0.4) is 0 Å². The van der Waals surface area contributed by atoms with E-state index in [0.717, 1.165) is 50.6 Å². The molecule has 0 saturated heterocycles. The first kappa shape index (κ1) is 24.6. The molecule has 1 heterocycles. The van der Waals surface area contributed by atoms with E-state index in [9.17, 15) is 9.59 Å². The van der Waals surface area contributed by atoms with E-state index in [1.165, 1.54) is 16.2 Å². The van der Waals surface area contributed by atoms with Crippen LogP contribution in [0.2, 0.25) is 0 Å². The van der Waals surface area contributed by atoms with Gasteiger partial charge in [0.1, 0.15) is 5.00 Å². The monoisotopic (exact) mass is 428 g/mol. The molecular formula is C19H28N2O7S. The maximum absolute atomic E-state index is 12.3. The predicted molar refractivity (Wildman–Crippen MR) is 109 cm³/mol. The smallest absolute Gasteiger partial charge is 0.414 e. The van der Waals surface area contributed by atoms with Crippen molar-refractivity contribution in [3.05, 3.63) is 16.0 Å². The Morgan fingerprint density at radius 1 is 1.07 bits per heavy atom. The van der Waals surface area contributed by atoms with E-state index in [1.54, 1.807) is 6.92 Å². The van der Waals surface area contributed by atoms with Crippen molar-refractivity contribution in [2.24, 2.45) is 0 Å². The van der Waals surface area contributed by atoms with Crippen LogP contribution in [0.25, 0.3) is 0 Å². The molecule has 4 N–H and O–H groups in total. The second kappa shape index (κ2) is 12.9. The van der Waals surface area contributed by atoms with Crippen molar-refractivity contribution in [2.45, 2.75) is 52.4 Å². The third kappa shape index (κ3) is 8.20. The van der Waals surface area contributed by atoms with Gasteiger partial charge in [-0.2, -0.15) is 0 Å². The number of carbonyl (C=O) groups excluding carboxylic acids is 2. The average Bonchev–Trinajstić information content (AvgIpc) is 3.03. The van der Waals surface area contributed by atoms with E-state index in [1.807, 2.05) is 0 Å². The number of thiophene rings is 1. The molecular weight excluding hydrogens is 400 g/mol. The molecule has 0 aromatic carbocycles. The van der Waals surface area contributed by atoms with Crippen LogP contribution in [-0.4, -0.2) is 53.7 Å². The summed E-state index contributed by atoms with van der Waals surface area (Å²) in [4.78, 5) is 43.8. The van der Waals surface area contributed by atoms with Gasteiger partial charge < -0.3 is 25.6 Å². The lowest BCUT2D eigenvalue weighted by Crippen LogP contribution is -2.29. The van der Waals surface area contributed by atoms with Gasteiger partial charge in [0.05, 0.1) is 18.7 Å². The number of ether oxygens (including phenoxy) is 1. The molecule has 1 aromatic heterocycles. The Kier molecular flexibility index (Phi) is 10.9. The summed E-state index contributed by atoms with van der Waals surface area (Å²) < 4.78 is 5.19. The maximum atomic E-state index is 12.3. The summed E-state index contributed by atoms with van der Waals surface area (Å²) in [5, 5.41) is 21.5. The van der Waals surface area contributed by atoms with E-state index in [4.69, 9.17) is 24.5 Å². The molecule has 0 unspecified atom stereocenters. The topological polar surface area (TPSA) is 142 Å². The highest BCUT2D eigenvalue weighted by molar-refractivity contribution is 7.17. The number of aryl methyl sites for hydroxylation is 1. The highest BCUT2D eigenvalue weighted by atomic mass is 32.1. The molecule has 1 aliphatic carbocycles. The number of fused-ring (bicyclic) bond motifs is 1. The van der Waals surface area contributed by atoms with E-state index >= 15 is 0 Å². The zero-order valence-electron chi connectivity index (χ0n) is 16.7. The number of amides is 1. The summed E-state index contributed by atoms with van der Waals surface area (Å²) in [6.45, 7) is 5.35. The van der Waals surface area contributed by atoms with Crippen molar-refractivity contribution in [1.82, 2.24) is 5.32 Å². The first-order valence-corrected chi connectivity index (χ1v) is 10.4. The fourth-order valence-corrected chi connectivity index (χ4v) is 4.04. The number of esters is 1. The van der Waals surface area contributed by atoms with Crippen LogP contribution in [0, 0.1) is 0 Å². The lowest BCUT2D eigenvalue weighted by atomic mass is 9.95. The Bertz CT molecular complexity index is 718. The summed E-state index contributed by atoms with van der Waals surface area (Å²) in [6.07, 6.45) is 6.25. The van der Waals surface area contributed by atoms with Crippen molar-refractivity contribution in [3.8, 4) is 0 Å². The Morgan fingerprint density at radius 2 is 1.72 bits per heavy atom. The average molecular weight is 429 g/mol. The third-order valence-corrected chi connectivity index (χ3v) is 5.29. The number of carboxylic acid groups (broad SMARTS) is 2. The predicted octanol–water partition coefficient (Wildman–Crippen LogP) is 2.29. The molecule has 1 amide bonds. The summed E-state index contributed by atoms with van der Waals surface area (Å²) in [6, 6.07) is 0. The molecule has 162 valence electrons. The number of rotatable bonds is 8. The van der Waals surface area contributed by atoms with Gasteiger partial charge >= 0.3 is 17.9 Å². The van der Waals surface area contributed by atoms with Gasteiger partial charge in [0.2, 0.25) is 5.91 Å². The van der Waals surface area contributed by atoms with Gasteiger partial charge in [0.15, 0.2) is 0 Å². The molecule has 0 fully saturated rings. The molecule has 0 atom stereocenters. The second-order valence-electron chi connectivity index (χ2n) is 6.32. The minimum Gasteiger partial charge on any atom is -0.473 e. The molecule has 0 saturated carbocycles. The Balaban J connectivity index is 0.000000612. The van der Waals surface area contributed by atoms with Gasteiger partial charge in [-0.1, -0.05) is 13.3 Å². The van der Waals surface area contributed by atoms with Crippen LogP contribution in [0.5, 0.6) is 0 Å². The number of hydrogen-bond acceptors (Lipinski definition) is 7. The molecule has 1 aliphatic rings. The number of nitrogens with one attached hydrogen (secondary N) is 2. The van der Waals surface area contributed by atoms with Crippen LogP contribution < -0.4 is 10.6 Å². The fraction of sp³-hybridized carbons (Fsp3) is 0.579. The zero-order chi connectivity index (χ0) is 21.8. The molecule has 0 aliphatic heterocycles. The first-order chi connectivity index (χ1) is 13.8. The first-order valence-electron chi connectivity index (χ1n) is 9.60. The number of carboxylic acids is 2. The molecule has 1 aromatic rings. The van der Waals surface area contributed by atoms with Crippen LogP contribution in [0.15, 0.2) is 0 Å². The minimum absolute atomic E-state index is 0.106. The second-order valence-corrected chi connectivity index (χ2v) is 7.43. The Hall–Kier alpha value is -2.46. The lowest BCUT2D eigenvalue weighted by molar-refractivity contribution is -0.159. The van der Waals surface area contributed by atoms with Gasteiger partial charge in [-0.3, -0.25) is 4.79 Å². The lowest BCUT2D eigenvalue weighted by Gasteiger charge is -2.12. The maximum Gasteiger partial charge on any atom is 0.414 e. The van der Waals surface area contributed by atoms with E-state index in [-0.39, 0.29) is 18.4 Å². The van der Waals surface area contributed by atoms with Crippen molar-refractivity contribution < 1.29 is 34.1 Å². The molecule has 0 spiro atoms. The Labute approximate surface area is 173 Å². The van der Waals surface area contributed by atoms with Gasteiger partial charge in [-0.05, 0) is 51.1 Å². The summed E-state index contributed by atoms with van der Waals surface area (Å²) in [7, 11) is 0. The summed E-state index contributed by atoms with van der Waals surface area (Å²) >= 11 is 1.53. The number of hydrogen-bond donors (Lipinski definition) is 4. The highest BCUT2D eigenvalue weighted by Gasteiger charge is 2.27. The summed E-state index contributed by atoms with van der Waals surface area (Å²) in [5.74, 6) is -4.07. The number of aliphatic carboxylic acids is 2. The molecule has 0 bridgehead atoms. The van der Waals surface area contributed by atoms with Gasteiger partial charge in [0, 0.05) is 4.88 Å². The van der Waals surface area contributed by atoms with Crippen LogP contribution >= 0.6 is 11.3 Å². The fourth-order valence-electron chi connectivity index (χ4n) is 2.75. The normalized spacial score (nSPS) is 12.2. The van der Waals surface area contributed by atoms with E-state index in [0.29, 0.717) is 17.2 Å². The van der Waals surface area contributed by atoms with E-state index < -0.39 is 11.9 Å². The number of carbonyl (C=O) groups is 4. The van der Waals surface area contributed by atoms with Gasteiger partial charge in [0.25, 0.3) is 0 Å². The molecule has 9 nitrogen and oxygen atoms in total. The standard InChI is InChI=1S/C17H26N2O3S.C2H2O4/c1-3-5-10-18-11-14(20)19-16-15(17(21)22-4-2)12-8-6-7-9-13(12)23-16;3-1(4)2(5)6/h18H,3-11H2,1-2H3,(H,19,20);(H,3,4)(H,5,6). The van der Waals surface area contributed by atoms with Crippen LogP contribution in [0.4, 0.5) is 5.00 Å². The van der Waals surface area contributed by atoms with E-state index in [2.05, 4.69) is 17.6 Å². The van der Waals surface area contributed by atoms with Crippen molar-refractivity contribution in [2.75, 3.05) is 25.0 Å². The minimum atomic E-state index is -1.82. The quantitative estimate of drug-likeness (QED) is 0.281. The zero-order valence-corrected chi connectivity index (χ0v) is 17.5. The van der Waals surface area contributed by atoms with Gasteiger partial charge in [-0.15, -0.1) is 11.3 Å². The van der Waals surface area contributed by atoms with Crippen molar-refractivity contribution in [3.63, 3.8) is 0 Å². The molecule has 29 heavy (non-hydrogen) atoms. The molecule has 2 rings (SSSR count). The van der Waals surface area contributed by atoms with Crippen LogP contribution in [-0.2, 0) is 32.0 Å².